The zero-order valence-corrected chi connectivity index (χ0v) is 13.2. The Bertz CT molecular complexity index is 440. The van der Waals surface area contributed by atoms with Gasteiger partial charge in [-0.15, -0.1) is 11.3 Å². The zero-order valence-electron chi connectivity index (χ0n) is 12.4. The normalized spacial score (nSPS) is 16.3. The van der Waals surface area contributed by atoms with Crippen molar-refractivity contribution in [3.8, 4) is 0 Å². The maximum Gasteiger partial charge on any atom is 0.263 e. The van der Waals surface area contributed by atoms with E-state index in [1.54, 1.807) is 0 Å². The van der Waals surface area contributed by atoms with Crippen LogP contribution in [0, 0.1) is 6.92 Å². The van der Waals surface area contributed by atoms with Crippen LogP contribution in [0.5, 0.6) is 0 Å². The number of hydrogen-bond donors (Lipinski definition) is 2. The number of aromatic nitrogens is 1. The molecule has 1 amide bonds. The molecule has 1 saturated heterocycles. The van der Waals surface area contributed by atoms with E-state index in [0.717, 1.165) is 61.1 Å². The van der Waals surface area contributed by atoms with E-state index in [0.29, 0.717) is 6.54 Å². The first-order valence-corrected chi connectivity index (χ1v) is 8.20. The van der Waals surface area contributed by atoms with Gasteiger partial charge in [-0.1, -0.05) is 6.92 Å². The molecule has 0 unspecified atom stereocenters. The average Bonchev–Trinajstić information content (AvgIpc) is 2.81. The number of nitrogens with zero attached hydrogens (tertiary/aromatic N) is 2. The van der Waals surface area contributed by atoms with Gasteiger partial charge in [0.25, 0.3) is 5.91 Å². The number of hydrogen-bond acceptors (Lipinski definition) is 5. The minimum absolute atomic E-state index is 0.0255. The highest BCUT2D eigenvalue weighted by Crippen LogP contribution is 2.19. The van der Waals surface area contributed by atoms with Gasteiger partial charge in [0, 0.05) is 39.3 Å². The van der Waals surface area contributed by atoms with Crippen LogP contribution in [0.4, 0.5) is 0 Å². The molecule has 2 rings (SSSR count). The third-order valence-corrected chi connectivity index (χ3v) is 4.65. The van der Waals surface area contributed by atoms with Crippen molar-refractivity contribution in [1.29, 1.82) is 0 Å². The lowest BCUT2D eigenvalue weighted by molar-refractivity contribution is 0.0950. The van der Waals surface area contributed by atoms with E-state index < -0.39 is 0 Å². The van der Waals surface area contributed by atoms with Crippen LogP contribution >= 0.6 is 11.3 Å². The fourth-order valence-electron chi connectivity index (χ4n) is 2.33. The lowest BCUT2D eigenvalue weighted by Gasteiger charge is -2.27. The van der Waals surface area contributed by atoms with Crippen LogP contribution in [-0.2, 0) is 6.42 Å². The predicted octanol–water partition coefficient (Wildman–Crippen LogP) is 1.04. The van der Waals surface area contributed by atoms with E-state index in [9.17, 15) is 4.79 Å². The van der Waals surface area contributed by atoms with Crippen LogP contribution < -0.4 is 10.6 Å². The van der Waals surface area contributed by atoms with E-state index in [-0.39, 0.29) is 5.91 Å². The Hall–Kier alpha value is -0.980. The zero-order chi connectivity index (χ0) is 14.4. The minimum Gasteiger partial charge on any atom is -0.350 e. The number of carbonyl (C=O) groups excluding carboxylic acids is 1. The summed E-state index contributed by atoms with van der Waals surface area (Å²) in [7, 11) is 0. The molecule has 112 valence electrons. The molecule has 2 heterocycles. The maximum atomic E-state index is 12.2. The highest BCUT2D eigenvalue weighted by atomic mass is 32.1. The van der Waals surface area contributed by atoms with Crippen LogP contribution in [0.15, 0.2) is 0 Å². The van der Waals surface area contributed by atoms with Gasteiger partial charge in [0.1, 0.15) is 4.88 Å². The molecule has 0 aromatic carbocycles. The van der Waals surface area contributed by atoms with Crippen LogP contribution in [0.3, 0.4) is 0 Å². The molecule has 5 nitrogen and oxygen atoms in total. The van der Waals surface area contributed by atoms with E-state index in [4.69, 9.17) is 0 Å². The topological polar surface area (TPSA) is 57.3 Å². The fraction of sp³-hybridized carbons (Fsp3) is 0.714. The molecule has 1 aliphatic rings. The molecule has 1 aliphatic heterocycles. The van der Waals surface area contributed by atoms with E-state index in [2.05, 4.69) is 27.4 Å². The molecule has 2 N–H and O–H groups in total. The molecule has 1 aromatic heterocycles. The van der Waals surface area contributed by atoms with Gasteiger partial charge in [-0.05, 0) is 19.8 Å². The van der Waals surface area contributed by atoms with Crippen molar-refractivity contribution in [1.82, 2.24) is 20.5 Å². The molecule has 0 saturated carbocycles. The van der Waals surface area contributed by atoms with E-state index in [1.165, 1.54) is 11.3 Å². The van der Waals surface area contributed by atoms with Crippen LogP contribution in [0.1, 0.15) is 33.7 Å². The number of nitrogens with one attached hydrogen (secondary N) is 2. The Morgan fingerprint density at radius 2 is 2.20 bits per heavy atom. The Balaban J connectivity index is 1.79. The Labute approximate surface area is 124 Å². The van der Waals surface area contributed by atoms with Gasteiger partial charge >= 0.3 is 0 Å². The molecule has 0 aliphatic carbocycles. The summed E-state index contributed by atoms with van der Waals surface area (Å²) in [6.07, 6.45) is 2.02. The van der Waals surface area contributed by atoms with Gasteiger partial charge < -0.3 is 10.6 Å². The van der Waals surface area contributed by atoms with Crippen molar-refractivity contribution in [3.05, 3.63) is 15.6 Å². The molecular weight excluding hydrogens is 272 g/mol. The third kappa shape index (κ3) is 4.26. The molecule has 0 bridgehead atoms. The summed E-state index contributed by atoms with van der Waals surface area (Å²) < 4.78 is 0. The number of amides is 1. The monoisotopic (exact) mass is 296 g/mol. The first-order valence-electron chi connectivity index (χ1n) is 7.38. The summed E-state index contributed by atoms with van der Waals surface area (Å²) >= 11 is 1.53. The Kier molecular flexibility index (Phi) is 5.94. The number of aryl methyl sites for hydroxylation is 2. The number of rotatable bonds is 6. The largest absolute Gasteiger partial charge is 0.350 e. The quantitative estimate of drug-likeness (QED) is 0.823. The molecule has 1 aromatic rings. The molecule has 6 heteroatoms. The highest BCUT2D eigenvalue weighted by molar-refractivity contribution is 7.13. The van der Waals surface area contributed by atoms with Gasteiger partial charge in [0.2, 0.25) is 0 Å². The summed E-state index contributed by atoms with van der Waals surface area (Å²) in [6, 6.07) is 0. The summed E-state index contributed by atoms with van der Waals surface area (Å²) in [4.78, 5) is 19.8. The van der Waals surface area contributed by atoms with E-state index in [1.807, 2.05) is 6.92 Å². The van der Waals surface area contributed by atoms with Crippen LogP contribution in [-0.4, -0.2) is 55.1 Å². The second-order valence-electron chi connectivity index (χ2n) is 5.12. The molecule has 20 heavy (non-hydrogen) atoms. The Morgan fingerprint density at radius 1 is 1.45 bits per heavy atom. The van der Waals surface area contributed by atoms with Crippen LogP contribution in [0.2, 0.25) is 0 Å². The van der Waals surface area contributed by atoms with Crippen molar-refractivity contribution in [2.24, 2.45) is 0 Å². The lowest BCUT2D eigenvalue weighted by Crippen LogP contribution is -2.46. The second-order valence-corrected chi connectivity index (χ2v) is 6.20. The second kappa shape index (κ2) is 7.71. The average molecular weight is 296 g/mol. The van der Waals surface area contributed by atoms with Gasteiger partial charge in [0.05, 0.1) is 10.7 Å². The lowest BCUT2D eigenvalue weighted by atomic mass is 10.3. The summed E-state index contributed by atoms with van der Waals surface area (Å²) in [6.45, 7) is 9.90. The number of piperazine rings is 1. The summed E-state index contributed by atoms with van der Waals surface area (Å²) in [5, 5.41) is 7.41. The fourth-order valence-corrected chi connectivity index (χ4v) is 3.41. The van der Waals surface area contributed by atoms with Gasteiger partial charge in [0.15, 0.2) is 0 Å². The van der Waals surface area contributed by atoms with Crippen molar-refractivity contribution in [2.45, 2.75) is 26.7 Å². The van der Waals surface area contributed by atoms with Gasteiger partial charge in [-0.2, -0.15) is 0 Å². The van der Waals surface area contributed by atoms with E-state index >= 15 is 0 Å². The molecule has 0 atom stereocenters. The molecule has 0 spiro atoms. The minimum atomic E-state index is 0.0255. The van der Waals surface area contributed by atoms with Gasteiger partial charge in [-0.25, -0.2) is 4.98 Å². The molecular formula is C14H24N4OS. The third-order valence-electron chi connectivity index (χ3n) is 3.43. The van der Waals surface area contributed by atoms with Crippen LogP contribution in [0.25, 0.3) is 0 Å². The van der Waals surface area contributed by atoms with Gasteiger partial charge in [-0.3, -0.25) is 9.69 Å². The highest BCUT2D eigenvalue weighted by Gasteiger charge is 2.15. The van der Waals surface area contributed by atoms with Crippen molar-refractivity contribution < 1.29 is 4.79 Å². The molecule has 0 radical (unpaired) electrons. The first-order chi connectivity index (χ1) is 9.70. The Morgan fingerprint density at radius 3 is 2.90 bits per heavy atom. The van der Waals surface area contributed by atoms with Crippen molar-refractivity contribution in [2.75, 3.05) is 39.3 Å². The predicted molar refractivity (Wildman–Crippen MR) is 82.5 cm³/mol. The standard InChI is InChI=1S/C14H24N4OS/c1-3-4-12-17-11(2)13(20-12)14(19)16-7-10-18-8-5-15-6-9-18/h15H,3-10H2,1-2H3,(H,16,19). The smallest absolute Gasteiger partial charge is 0.263 e. The SMILES string of the molecule is CCCc1nc(C)c(C(=O)NCCN2CCNCC2)s1. The first kappa shape index (κ1) is 15.4. The summed E-state index contributed by atoms with van der Waals surface area (Å²) in [5.41, 5.74) is 0.859. The number of thiazole rings is 1. The maximum absolute atomic E-state index is 12.2. The van der Waals surface area contributed by atoms with Crippen molar-refractivity contribution >= 4 is 17.2 Å². The molecule has 1 fully saturated rings. The summed E-state index contributed by atoms with van der Waals surface area (Å²) in [5.74, 6) is 0.0255. The number of carbonyl (C=O) groups is 1. The van der Waals surface area contributed by atoms with Crippen molar-refractivity contribution in [3.63, 3.8) is 0 Å².